The smallest absolute Gasteiger partial charge is 0.144 e. The minimum absolute atomic E-state index is 0.155. The third-order valence-electron chi connectivity index (χ3n) is 6.37. The van der Waals surface area contributed by atoms with Gasteiger partial charge in [0.05, 0.1) is 28.5 Å². The van der Waals surface area contributed by atoms with Crippen LogP contribution in [0.2, 0.25) is 0 Å². The minimum atomic E-state index is -0.296. The lowest BCUT2D eigenvalue weighted by Crippen LogP contribution is -2.40. The summed E-state index contributed by atoms with van der Waals surface area (Å²) < 4.78 is 14.4. The van der Waals surface area contributed by atoms with E-state index in [-0.39, 0.29) is 11.9 Å². The Hall–Kier alpha value is -3.98. The van der Waals surface area contributed by atoms with Crippen LogP contribution in [0.4, 0.5) is 15.9 Å². The van der Waals surface area contributed by atoms with Gasteiger partial charge >= 0.3 is 0 Å². The highest BCUT2D eigenvalue weighted by atomic mass is 19.1. The maximum Gasteiger partial charge on any atom is 0.144 e. The summed E-state index contributed by atoms with van der Waals surface area (Å²) in [6, 6.07) is 10.9. The second-order valence-corrected chi connectivity index (χ2v) is 8.87. The number of imidazole rings is 1. The molecule has 2 aromatic heterocycles. The van der Waals surface area contributed by atoms with Crippen LogP contribution in [-0.4, -0.2) is 47.4 Å². The lowest BCUT2D eigenvalue weighted by molar-refractivity contribution is 0.215. The monoisotopic (exact) mass is 473 g/mol. The van der Waals surface area contributed by atoms with Gasteiger partial charge in [-0.25, -0.2) is 14.4 Å². The SMILES string of the molecule is CO/N=C/c1cccc2[nH]c(-c3c(N)ncc(-c4cc(C)cc(F)c4)c3N3CCC(N)CC3)nc12. The number of aromatic nitrogens is 3. The molecule has 1 aliphatic heterocycles. The number of nitrogens with two attached hydrogens (primary N) is 2. The number of anilines is 2. The van der Waals surface area contributed by atoms with Crippen molar-refractivity contribution in [1.82, 2.24) is 15.0 Å². The summed E-state index contributed by atoms with van der Waals surface area (Å²) in [5.74, 6) is 0.636. The zero-order valence-corrected chi connectivity index (χ0v) is 19.8. The molecular formula is C26H28FN7O. The first-order chi connectivity index (χ1) is 16.9. The third kappa shape index (κ3) is 4.42. The predicted octanol–water partition coefficient (Wildman–Crippen LogP) is 4.23. The van der Waals surface area contributed by atoms with Crippen LogP contribution in [-0.2, 0) is 4.84 Å². The lowest BCUT2D eigenvalue weighted by Gasteiger charge is -2.34. The molecule has 8 nitrogen and oxygen atoms in total. The summed E-state index contributed by atoms with van der Waals surface area (Å²) >= 11 is 0. The minimum Gasteiger partial charge on any atom is -0.399 e. The van der Waals surface area contributed by atoms with Gasteiger partial charge < -0.3 is 26.2 Å². The molecule has 4 aromatic rings. The van der Waals surface area contributed by atoms with Crippen LogP contribution in [0.3, 0.4) is 0 Å². The highest BCUT2D eigenvalue weighted by Crippen LogP contribution is 2.43. The van der Waals surface area contributed by atoms with Gasteiger partial charge in [-0.15, -0.1) is 0 Å². The number of piperidine rings is 1. The number of nitrogen functional groups attached to an aromatic ring is 1. The van der Waals surface area contributed by atoms with Crippen LogP contribution >= 0.6 is 0 Å². The molecule has 0 saturated carbocycles. The van der Waals surface area contributed by atoms with Crippen LogP contribution < -0.4 is 16.4 Å². The Morgan fingerprint density at radius 2 is 2.03 bits per heavy atom. The van der Waals surface area contributed by atoms with E-state index in [9.17, 15) is 4.39 Å². The predicted molar refractivity (Wildman–Crippen MR) is 138 cm³/mol. The number of nitrogens with zero attached hydrogens (tertiary/aromatic N) is 4. The van der Waals surface area contributed by atoms with E-state index in [1.807, 2.05) is 31.2 Å². The molecular weight excluding hydrogens is 445 g/mol. The van der Waals surface area contributed by atoms with Crippen molar-refractivity contribution in [3.63, 3.8) is 0 Å². The average molecular weight is 474 g/mol. The zero-order chi connectivity index (χ0) is 24.5. The summed E-state index contributed by atoms with van der Waals surface area (Å²) in [7, 11) is 1.50. The number of oxime groups is 1. The number of halogens is 1. The molecule has 0 radical (unpaired) electrons. The van der Waals surface area contributed by atoms with Gasteiger partial charge in [-0.2, -0.15) is 0 Å². The van der Waals surface area contributed by atoms with Crippen molar-refractivity contribution in [2.24, 2.45) is 10.9 Å². The molecule has 1 aliphatic rings. The summed E-state index contributed by atoms with van der Waals surface area (Å²) in [5, 5.41) is 3.89. The molecule has 0 aliphatic carbocycles. The van der Waals surface area contributed by atoms with E-state index in [0.717, 1.165) is 64.9 Å². The van der Waals surface area contributed by atoms with Crippen LogP contribution in [0.25, 0.3) is 33.5 Å². The van der Waals surface area contributed by atoms with E-state index >= 15 is 0 Å². The molecule has 180 valence electrons. The highest BCUT2D eigenvalue weighted by molar-refractivity contribution is 6.00. The van der Waals surface area contributed by atoms with Gasteiger partial charge in [0.25, 0.3) is 0 Å². The van der Waals surface area contributed by atoms with Gasteiger partial charge in [0.15, 0.2) is 0 Å². The number of benzene rings is 2. The molecule has 0 amide bonds. The number of aromatic amines is 1. The quantitative estimate of drug-likeness (QED) is 0.295. The number of rotatable bonds is 5. The van der Waals surface area contributed by atoms with Gasteiger partial charge in [0.2, 0.25) is 0 Å². The largest absolute Gasteiger partial charge is 0.399 e. The van der Waals surface area contributed by atoms with E-state index in [2.05, 4.69) is 20.0 Å². The van der Waals surface area contributed by atoms with Crippen LogP contribution in [0, 0.1) is 12.7 Å². The Bertz CT molecular complexity index is 1390. The van der Waals surface area contributed by atoms with E-state index in [0.29, 0.717) is 17.2 Å². The summed E-state index contributed by atoms with van der Waals surface area (Å²) in [6.07, 6.45) is 5.03. The lowest BCUT2D eigenvalue weighted by atomic mass is 9.97. The maximum absolute atomic E-state index is 14.4. The number of pyridine rings is 1. The molecule has 9 heteroatoms. The standard InChI is InChI=1S/C26H28FN7O/c1-15-10-17(12-18(27)11-15)20-14-30-25(29)22(24(20)34-8-6-19(28)7-9-34)26-32-21-5-3-4-16(13-31-35-2)23(21)33-26/h3-5,10-14,19H,6-9,28H2,1-2H3,(H2,29,30)(H,32,33)/b31-13+. The van der Waals surface area contributed by atoms with E-state index < -0.39 is 0 Å². The second-order valence-electron chi connectivity index (χ2n) is 8.87. The molecule has 35 heavy (non-hydrogen) atoms. The normalized spacial score (nSPS) is 14.8. The molecule has 1 saturated heterocycles. The Balaban J connectivity index is 1.75. The van der Waals surface area contributed by atoms with Gasteiger partial charge in [-0.3, -0.25) is 0 Å². The number of aryl methyl sites for hydroxylation is 1. The summed E-state index contributed by atoms with van der Waals surface area (Å²) in [6.45, 7) is 3.38. The van der Waals surface area contributed by atoms with Gasteiger partial charge in [-0.1, -0.05) is 23.4 Å². The van der Waals surface area contributed by atoms with Crippen molar-refractivity contribution in [1.29, 1.82) is 0 Å². The fourth-order valence-corrected chi connectivity index (χ4v) is 4.69. The molecule has 0 unspecified atom stereocenters. The van der Waals surface area contributed by atoms with Crippen molar-refractivity contribution in [2.45, 2.75) is 25.8 Å². The van der Waals surface area contributed by atoms with Crippen molar-refractivity contribution in [3.05, 3.63) is 59.5 Å². The van der Waals surface area contributed by atoms with Crippen LogP contribution in [0.15, 0.2) is 47.8 Å². The van der Waals surface area contributed by atoms with E-state index in [4.69, 9.17) is 21.3 Å². The Kier molecular flexibility index (Phi) is 6.08. The highest BCUT2D eigenvalue weighted by Gasteiger charge is 2.27. The van der Waals surface area contributed by atoms with Crippen molar-refractivity contribution in [2.75, 3.05) is 30.8 Å². The first-order valence-electron chi connectivity index (χ1n) is 11.6. The number of H-pyrrole nitrogens is 1. The van der Waals surface area contributed by atoms with E-state index in [1.165, 1.54) is 19.2 Å². The Morgan fingerprint density at radius 1 is 1.23 bits per heavy atom. The topological polar surface area (TPSA) is 118 Å². The average Bonchev–Trinajstić information content (AvgIpc) is 3.27. The number of para-hydroxylation sites is 1. The van der Waals surface area contributed by atoms with Gasteiger partial charge in [0, 0.05) is 36.5 Å². The maximum atomic E-state index is 14.4. The first-order valence-corrected chi connectivity index (χ1v) is 11.6. The van der Waals surface area contributed by atoms with Crippen molar-refractivity contribution >= 4 is 28.8 Å². The number of hydrogen-bond donors (Lipinski definition) is 3. The molecule has 0 atom stereocenters. The zero-order valence-electron chi connectivity index (χ0n) is 19.8. The number of hydrogen-bond acceptors (Lipinski definition) is 7. The second kappa shape index (κ2) is 9.34. The van der Waals surface area contributed by atoms with Gasteiger partial charge in [0.1, 0.15) is 24.6 Å². The molecule has 2 aromatic carbocycles. The van der Waals surface area contributed by atoms with Crippen molar-refractivity contribution < 1.29 is 9.23 Å². The Labute approximate surface area is 202 Å². The Morgan fingerprint density at radius 3 is 2.77 bits per heavy atom. The fraction of sp³-hybridized carbons (Fsp3) is 0.269. The molecule has 1 fully saturated rings. The fourth-order valence-electron chi connectivity index (χ4n) is 4.69. The summed E-state index contributed by atoms with van der Waals surface area (Å²) in [5.41, 5.74) is 19.0. The first kappa shape index (κ1) is 22.8. The van der Waals surface area contributed by atoms with Crippen LogP contribution in [0.1, 0.15) is 24.0 Å². The van der Waals surface area contributed by atoms with Crippen LogP contribution in [0.5, 0.6) is 0 Å². The number of fused-ring (bicyclic) bond motifs is 1. The number of nitrogens with one attached hydrogen (secondary N) is 1. The van der Waals surface area contributed by atoms with E-state index in [1.54, 1.807) is 12.4 Å². The van der Waals surface area contributed by atoms with Gasteiger partial charge in [-0.05, 0) is 49.1 Å². The molecule has 5 N–H and O–H groups in total. The molecule has 0 spiro atoms. The van der Waals surface area contributed by atoms with Crippen molar-refractivity contribution in [3.8, 4) is 22.5 Å². The molecule has 0 bridgehead atoms. The molecule has 3 heterocycles. The third-order valence-corrected chi connectivity index (χ3v) is 6.37. The molecule has 5 rings (SSSR count). The summed E-state index contributed by atoms with van der Waals surface area (Å²) in [4.78, 5) is 19.9.